The second-order valence-electron chi connectivity index (χ2n) is 5.30. The third kappa shape index (κ3) is 3.07. The molecule has 2 rings (SSSR count). The standard InChI is InChI=1S/C14H16N4O5/c15-10(19)9-6-14(12(16)21,7-18(9)13(22)23)17-11(20)8-4-2-1-3-5-8/h1-5,9H,6-7H2,(H2,15,19)(H2,16,21)(H,17,20)(H,22,23)/t9-,14+/m0/s1. The lowest BCUT2D eigenvalue weighted by molar-refractivity contribution is -0.123. The highest BCUT2D eigenvalue weighted by Gasteiger charge is 2.53. The summed E-state index contributed by atoms with van der Waals surface area (Å²) in [7, 11) is 0. The van der Waals surface area contributed by atoms with Crippen LogP contribution in [0, 0.1) is 0 Å². The molecule has 23 heavy (non-hydrogen) atoms. The number of carbonyl (C=O) groups excluding carboxylic acids is 3. The molecule has 0 spiro atoms. The molecule has 1 aliphatic heterocycles. The Bertz CT molecular complexity index is 638. The Kier molecular flexibility index (Phi) is 4.21. The summed E-state index contributed by atoms with van der Waals surface area (Å²) in [5, 5.41) is 11.6. The van der Waals surface area contributed by atoms with E-state index in [1.54, 1.807) is 18.2 Å². The number of nitrogens with one attached hydrogen (secondary N) is 1. The monoisotopic (exact) mass is 320 g/mol. The van der Waals surface area contributed by atoms with Crippen molar-refractivity contribution in [3.63, 3.8) is 0 Å². The van der Waals surface area contributed by atoms with E-state index >= 15 is 0 Å². The van der Waals surface area contributed by atoms with Gasteiger partial charge < -0.3 is 21.9 Å². The van der Waals surface area contributed by atoms with Crippen LogP contribution < -0.4 is 16.8 Å². The molecule has 4 amide bonds. The van der Waals surface area contributed by atoms with Crippen molar-refractivity contribution in [2.24, 2.45) is 11.5 Å². The second kappa shape index (κ2) is 5.95. The second-order valence-corrected chi connectivity index (χ2v) is 5.30. The SMILES string of the molecule is NC(=O)[C@@H]1C[C@](NC(=O)c2ccccc2)(C(N)=O)CN1C(=O)O. The Morgan fingerprint density at radius 3 is 2.22 bits per heavy atom. The fourth-order valence-corrected chi connectivity index (χ4v) is 2.57. The van der Waals surface area contributed by atoms with Crippen LogP contribution >= 0.6 is 0 Å². The first kappa shape index (κ1) is 16.3. The van der Waals surface area contributed by atoms with E-state index in [1.807, 2.05) is 0 Å². The first-order chi connectivity index (χ1) is 10.8. The van der Waals surface area contributed by atoms with Crippen LogP contribution in [0.2, 0.25) is 0 Å². The summed E-state index contributed by atoms with van der Waals surface area (Å²) in [5.74, 6) is -2.44. The quantitative estimate of drug-likeness (QED) is 0.552. The first-order valence-electron chi connectivity index (χ1n) is 6.73. The van der Waals surface area contributed by atoms with E-state index < -0.39 is 41.9 Å². The van der Waals surface area contributed by atoms with E-state index in [4.69, 9.17) is 16.6 Å². The number of amides is 4. The number of rotatable bonds is 4. The van der Waals surface area contributed by atoms with Crippen LogP contribution in [-0.4, -0.2) is 51.9 Å². The lowest BCUT2D eigenvalue weighted by atomic mass is 9.94. The number of nitrogens with two attached hydrogens (primary N) is 2. The molecule has 0 unspecified atom stereocenters. The molecule has 0 saturated carbocycles. The highest BCUT2D eigenvalue weighted by molar-refractivity contribution is 6.00. The van der Waals surface area contributed by atoms with Crippen molar-refractivity contribution in [3.8, 4) is 0 Å². The lowest BCUT2D eigenvalue weighted by Gasteiger charge is -2.26. The molecular weight excluding hydrogens is 304 g/mol. The molecule has 122 valence electrons. The average molecular weight is 320 g/mol. The number of hydrogen-bond acceptors (Lipinski definition) is 4. The van der Waals surface area contributed by atoms with Gasteiger partial charge in [0.1, 0.15) is 11.6 Å². The van der Waals surface area contributed by atoms with E-state index in [-0.39, 0.29) is 12.0 Å². The molecule has 1 aromatic rings. The number of hydrogen-bond donors (Lipinski definition) is 4. The normalized spacial score (nSPS) is 23.3. The van der Waals surface area contributed by atoms with E-state index in [0.29, 0.717) is 4.90 Å². The van der Waals surface area contributed by atoms with Crippen molar-refractivity contribution < 1.29 is 24.3 Å². The van der Waals surface area contributed by atoms with Gasteiger partial charge in [-0.25, -0.2) is 4.79 Å². The van der Waals surface area contributed by atoms with Crippen LogP contribution in [-0.2, 0) is 9.59 Å². The predicted octanol–water partition coefficient (Wildman–Crippen LogP) is -1.12. The number of benzene rings is 1. The molecule has 1 saturated heterocycles. The van der Waals surface area contributed by atoms with Gasteiger partial charge in [-0.1, -0.05) is 18.2 Å². The van der Waals surface area contributed by atoms with Gasteiger partial charge in [-0.3, -0.25) is 19.3 Å². The van der Waals surface area contributed by atoms with Gasteiger partial charge in [0.25, 0.3) is 5.91 Å². The smallest absolute Gasteiger partial charge is 0.408 e. The molecule has 1 aliphatic rings. The number of carbonyl (C=O) groups is 4. The zero-order chi connectivity index (χ0) is 17.2. The van der Waals surface area contributed by atoms with Crippen molar-refractivity contribution in [1.82, 2.24) is 10.2 Å². The molecule has 0 bridgehead atoms. The Hall–Kier alpha value is -3.10. The van der Waals surface area contributed by atoms with E-state index in [2.05, 4.69) is 5.32 Å². The summed E-state index contributed by atoms with van der Waals surface area (Å²) in [6.45, 7) is -0.441. The minimum absolute atomic E-state index is 0.275. The number of nitrogens with zero attached hydrogens (tertiary/aromatic N) is 1. The zero-order valence-corrected chi connectivity index (χ0v) is 12.1. The van der Waals surface area contributed by atoms with Crippen LogP contribution in [0.25, 0.3) is 0 Å². The third-order valence-electron chi connectivity index (χ3n) is 3.79. The zero-order valence-electron chi connectivity index (χ0n) is 12.1. The van der Waals surface area contributed by atoms with Gasteiger partial charge in [-0.15, -0.1) is 0 Å². The molecule has 0 aliphatic carbocycles. The van der Waals surface area contributed by atoms with Crippen molar-refractivity contribution in [1.29, 1.82) is 0 Å². The van der Waals surface area contributed by atoms with Gasteiger partial charge in [0.05, 0.1) is 6.54 Å². The molecule has 0 aromatic heterocycles. The minimum atomic E-state index is -1.69. The molecule has 1 heterocycles. The summed E-state index contributed by atoms with van der Waals surface area (Å²) < 4.78 is 0. The number of likely N-dealkylation sites (tertiary alicyclic amines) is 1. The average Bonchev–Trinajstić information content (AvgIpc) is 2.90. The van der Waals surface area contributed by atoms with Crippen molar-refractivity contribution in [2.75, 3.05) is 6.54 Å². The molecule has 6 N–H and O–H groups in total. The molecule has 0 radical (unpaired) electrons. The maximum Gasteiger partial charge on any atom is 0.408 e. The fourth-order valence-electron chi connectivity index (χ4n) is 2.57. The van der Waals surface area contributed by atoms with Crippen LogP contribution in [0.15, 0.2) is 30.3 Å². The summed E-state index contributed by atoms with van der Waals surface area (Å²) in [6.07, 6.45) is -1.73. The van der Waals surface area contributed by atoms with Crippen molar-refractivity contribution in [3.05, 3.63) is 35.9 Å². The summed E-state index contributed by atoms with van der Waals surface area (Å²) in [4.78, 5) is 47.5. The Labute approximate surface area is 131 Å². The fraction of sp³-hybridized carbons (Fsp3) is 0.286. The summed E-state index contributed by atoms with van der Waals surface area (Å²) >= 11 is 0. The van der Waals surface area contributed by atoms with Crippen LogP contribution in [0.1, 0.15) is 16.8 Å². The predicted molar refractivity (Wildman–Crippen MR) is 78.2 cm³/mol. The van der Waals surface area contributed by atoms with Gasteiger partial charge in [0, 0.05) is 12.0 Å². The van der Waals surface area contributed by atoms with Crippen molar-refractivity contribution in [2.45, 2.75) is 18.0 Å². The van der Waals surface area contributed by atoms with Crippen LogP contribution in [0.3, 0.4) is 0 Å². The van der Waals surface area contributed by atoms with Gasteiger partial charge in [0.15, 0.2) is 0 Å². The molecule has 9 nitrogen and oxygen atoms in total. The first-order valence-corrected chi connectivity index (χ1v) is 6.73. The molecular formula is C14H16N4O5. The highest BCUT2D eigenvalue weighted by Crippen LogP contribution is 2.27. The van der Waals surface area contributed by atoms with Gasteiger partial charge >= 0.3 is 6.09 Å². The molecule has 1 fully saturated rings. The van der Waals surface area contributed by atoms with E-state index in [9.17, 15) is 19.2 Å². The molecule has 9 heteroatoms. The van der Waals surface area contributed by atoms with Gasteiger partial charge in [0.2, 0.25) is 11.8 Å². The third-order valence-corrected chi connectivity index (χ3v) is 3.79. The minimum Gasteiger partial charge on any atom is -0.465 e. The molecule has 1 aromatic carbocycles. The van der Waals surface area contributed by atoms with Gasteiger partial charge in [-0.05, 0) is 12.1 Å². The molecule has 2 atom stereocenters. The highest BCUT2D eigenvalue weighted by atomic mass is 16.4. The Morgan fingerprint density at radius 2 is 1.78 bits per heavy atom. The Morgan fingerprint density at radius 1 is 1.17 bits per heavy atom. The lowest BCUT2D eigenvalue weighted by Crippen LogP contribution is -2.59. The Balaban J connectivity index is 2.31. The van der Waals surface area contributed by atoms with E-state index in [0.717, 1.165) is 0 Å². The van der Waals surface area contributed by atoms with Crippen LogP contribution in [0.4, 0.5) is 4.79 Å². The summed E-state index contributed by atoms with van der Waals surface area (Å²) in [6, 6.07) is 6.80. The van der Waals surface area contributed by atoms with Crippen LogP contribution in [0.5, 0.6) is 0 Å². The maximum atomic E-state index is 12.3. The maximum absolute atomic E-state index is 12.3. The van der Waals surface area contributed by atoms with Crippen molar-refractivity contribution >= 4 is 23.8 Å². The topological polar surface area (TPSA) is 156 Å². The van der Waals surface area contributed by atoms with E-state index in [1.165, 1.54) is 12.1 Å². The summed E-state index contributed by atoms with van der Waals surface area (Å²) in [5.41, 5.74) is 9.12. The largest absolute Gasteiger partial charge is 0.465 e. The van der Waals surface area contributed by atoms with Gasteiger partial charge in [-0.2, -0.15) is 0 Å². The number of carboxylic acid groups (broad SMARTS) is 1. The number of primary amides is 2.